The minimum Gasteiger partial charge on any atom is -0.392 e. The highest BCUT2D eigenvalue weighted by molar-refractivity contribution is 5.94. The lowest BCUT2D eigenvalue weighted by atomic mass is 9.90. The third-order valence-electron chi connectivity index (χ3n) is 4.51. The van der Waals surface area contributed by atoms with Crippen molar-refractivity contribution < 1.29 is 19.0 Å². The normalized spacial score (nSPS) is 20.4. The Balaban J connectivity index is 1.64. The number of nitrogens with zero attached hydrogens (tertiary/aromatic N) is 2. The summed E-state index contributed by atoms with van der Waals surface area (Å²) in [5, 5.41) is 16.0. The number of amides is 1. The number of aromatic nitrogens is 2. The Morgan fingerprint density at radius 3 is 3.04 bits per heavy atom. The van der Waals surface area contributed by atoms with E-state index in [0.29, 0.717) is 13.2 Å². The first kappa shape index (κ1) is 17.6. The molecule has 0 aliphatic carbocycles. The first-order chi connectivity index (χ1) is 12.1. The van der Waals surface area contributed by atoms with Crippen LogP contribution in [0.3, 0.4) is 0 Å². The third-order valence-corrected chi connectivity index (χ3v) is 4.51. The zero-order valence-electron chi connectivity index (χ0n) is 14.1. The van der Waals surface area contributed by atoms with Gasteiger partial charge < -0.3 is 15.2 Å². The fourth-order valence-corrected chi connectivity index (χ4v) is 3.15. The maximum Gasteiger partial charge on any atom is 0.251 e. The zero-order chi connectivity index (χ0) is 17.8. The van der Waals surface area contributed by atoms with Crippen LogP contribution in [-0.2, 0) is 18.4 Å². The Hall–Kier alpha value is -2.25. The van der Waals surface area contributed by atoms with Gasteiger partial charge in [-0.2, -0.15) is 5.10 Å². The van der Waals surface area contributed by atoms with Crippen molar-refractivity contribution in [3.05, 3.63) is 53.1 Å². The molecule has 1 aliphatic rings. The molecule has 1 aromatic heterocycles. The summed E-state index contributed by atoms with van der Waals surface area (Å²) in [5.41, 5.74) is 1.41. The second kappa shape index (κ2) is 7.76. The Morgan fingerprint density at radius 1 is 1.52 bits per heavy atom. The van der Waals surface area contributed by atoms with Crippen molar-refractivity contribution >= 4 is 5.91 Å². The van der Waals surface area contributed by atoms with Crippen molar-refractivity contribution in [1.29, 1.82) is 0 Å². The van der Waals surface area contributed by atoms with E-state index in [1.807, 2.05) is 13.2 Å². The molecule has 2 N–H and O–H groups in total. The van der Waals surface area contributed by atoms with Gasteiger partial charge in [-0.15, -0.1) is 0 Å². The number of halogens is 1. The number of aryl methyl sites for hydroxylation is 1. The van der Waals surface area contributed by atoms with Crippen LogP contribution >= 0.6 is 0 Å². The highest BCUT2D eigenvalue weighted by atomic mass is 19.1. The summed E-state index contributed by atoms with van der Waals surface area (Å²) in [6.07, 6.45) is 5.49. The molecule has 0 spiro atoms. The molecular weight excluding hydrogens is 325 g/mol. The molecule has 0 bridgehead atoms. The predicted molar refractivity (Wildman–Crippen MR) is 89.3 cm³/mol. The lowest BCUT2D eigenvalue weighted by Crippen LogP contribution is -2.35. The summed E-state index contributed by atoms with van der Waals surface area (Å²) in [4.78, 5) is 12.3. The Morgan fingerprint density at radius 2 is 2.36 bits per heavy atom. The van der Waals surface area contributed by atoms with Gasteiger partial charge >= 0.3 is 0 Å². The highest BCUT2D eigenvalue weighted by Gasteiger charge is 2.28. The Labute approximate surface area is 145 Å². The van der Waals surface area contributed by atoms with Crippen molar-refractivity contribution in [3.8, 4) is 0 Å². The van der Waals surface area contributed by atoms with E-state index in [4.69, 9.17) is 9.84 Å². The van der Waals surface area contributed by atoms with Crippen molar-refractivity contribution in [2.24, 2.45) is 13.0 Å². The molecular formula is C18H22FN3O3. The molecule has 1 fully saturated rings. The Kier molecular flexibility index (Phi) is 5.45. The van der Waals surface area contributed by atoms with E-state index in [2.05, 4.69) is 10.4 Å². The average Bonchev–Trinajstić information content (AvgIpc) is 3.06. The van der Waals surface area contributed by atoms with Crippen LogP contribution in [0.5, 0.6) is 0 Å². The van der Waals surface area contributed by atoms with Crippen molar-refractivity contribution in [3.63, 3.8) is 0 Å². The lowest BCUT2D eigenvalue weighted by Gasteiger charge is -2.31. The number of aliphatic hydroxyl groups excluding tert-OH is 1. The van der Waals surface area contributed by atoms with E-state index >= 15 is 0 Å². The zero-order valence-corrected chi connectivity index (χ0v) is 14.1. The molecule has 7 heteroatoms. The molecule has 3 rings (SSSR count). The van der Waals surface area contributed by atoms with Crippen LogP contribution in [0.2, 0.25) is 0 Å². The number of carbonyl (C=O) groups is 1. The van der Waals surface area contributed by atoms with Gasteiger partial charge in [-0.3, -0.25) is 9.48 Å². The number of carbonyl (C=O) groups excluding carboxylic acids is 1. The number of aliphatic hydroxyl groups is 1. The van der Waals surface area contributed by atoms with Gasteiger partial charge in [0.05, 0.1) is 18.9 Å². The van der Waals surface area contributed by atoms with Gasteiger partial charge in [0.1, 0.15) is 5.82 Å². The van der Waals surface area contributed by atoms with Gasteiger partial charge in [0.25, 0.3) is 5.91 Å². The summed E-state index contributed by atoms with van der Waals surface area (Å²) in [7, 11) is 1.85. The molecule has 0 unspecified atom stereocenters. The molecule has 2 atom stereocenters. The molecule has 1 amide bonds. The van der Waals surface area contributed by atoms with Crippen molar-refractivity contribution in [2.45, 2.75) is 25.6 Å². The highest BCUT2D eigenvalue weighted by Crippen LogP contribution is 2.33. The molecule has 6 nitrogen and oxygen atoms in total. The first-order valence-electron chi connectivity index (χ1n) is 8.36. The lowest BCUT2D eigenvalue weighted by molar-refractivity contribution is -0.0273. The van der Waals surface area contributed by atoms with Crippen LogP contribution in [0.4, 0.5) is 4.39 Å². The van der Waals surface area contributed by atoms with Crippen molar-refractivity contribution in [1.82, 2.24) is 15.1 Å². The molecule has 0 saturated carbocycles. The van der Waals surface area contributed by atoms with E-state index < -0.39 is 5.82 Å². The molecule has 2 heterocycles. The van der Waals surface area contributed by atoms with Gasteiger partial charge in [0.2, 0.25) is 0 Å². The largest absolute Gasteiger partial charge is 0.392 e. The van der Waals surface area contributed by atoms with E-state index in [0.717, 1.165) is 24.5 Å². The molecule has 0 radical (unpaired) electrons. The standard InChI is InChI=1S/C18H22FN3O3/c1-22-10-15(9-21-22)17-13(3-2-6-25-17)8-20-18(24)12-4-5-14(11-23)16(19)7-12/h4-5,7,9-10,13,17,23H,2-3,6,8,11H2,1H3,(H,20,24)/t13-,17+/m0/s1. The fourth-order valence-electron chi connectivity index (χ4n) is 3.15. The monoisotopic (exact) mass is 347 g/mol. The SMILES string of the molecule is Cn1cc([C@@H]2OCCC[C@H]2CNC(=O)c2ccc(CO)c(F)c2)cn1. The van der Waals surface area contributed by atoms with Crippen LogP contribution in [0, 0.1) is 11.7 Å². The fraction of sp³-hybridized carbons (Fsp3) is 0.444. The van der Waals surface area contributed by atoms with Gasteiger partial charge in [-0.1, -0.05) is 6.07 Å². The maximum absolute atomic E-state index is 13.7. The smallest absolute Gasteiger partial charge is 0.251 e. The van der Waals surface area contributed by atoms with Crippen LogP contribution in [0.1, 0.15) is 40.4 Å². The molecule has 134 valence electrons. The predicted octanol–water partition coefficient (Wildman–Crippen LogP) is 1.95. The summed E-state index contributed by atoms with van der Waals surface area (Å²) in [5.74, 6) is -0.772. The van der Waals surface area contributed by atoms with Gasteiger partial charge in [0.15, 0.2) is 0 Å². The Bertz CT molecular complexity index is 747. The summed E-state index contributed by atoms with van der Waals surface area (Å²) in [6.45, 7) is 0.750. The van der Waals surface area contributed by atoms with Crippen LogP contribution in [0.15, 0.2) is 30.6 Å². The average molecular weight is 347 g/mol. The summed E-state index contributed by atoms with van der Waals surface area (Å²) < 4.78 is 21.3. The van der Waals surface area contributed by atoms with E-state index in [1.165, 1.54) is 12.1 Å². The third kappa shape index (κ3) is 4.05. The van der Waals surface area contributed by atoms with Gasteiger partial charge in [-0.05, 0) is 25.0 Å². The van der Waals surface area contributed by atoms with E-state index in [-0.39, 0.29) is 35.7 Å². The second-order valence-corrected chi connectivity index (χ2v) is 6.32. The molecule has 1 aliphatic heterocycles. The van der Waals surface area contributed by atoms with Crippen LogP contribution in [-0.4, -0.2) is 33.9 Å². The van der Waals surface area contributed by atoms with Gasteiger partial charge in [-0.25, -0.2) is 4.39 Å². The topological polar surface area (TPSA) is 76.4 Å². The number of nitrogens with one attached hydrogen (secondary N) is 1. The van der Waals surface area contributed by atoms with Crippen LogP contribution < -0.4 is 5.32 Å². The van der Waals surface area contributed by atoms with Crippen LogP contribution in [0.25, 0.3) is 0 Å². The van der Waals surface area contributed by atoms with Crippen molar-refractivity contribution in [2.75, 3.05) is 13.2 Å². The number of benzene rings is 1. The number of ether oxygens (including phenoxy) is 1. The molecule has 2 aromatic rings. The minimum atomic E-state index is -0.579. The molecule has 1 saturated heterocycles. The van der Waals surface area contributed by atoms with E-state index in [1.54, 1.807) is 10.9 Å². The summed E-state index contributed by atoms with van der Waals surface area (Å²) >= 11 is 0. The number of hydrogen-bond donors (Lipinski definition) is 2. The molecule has 1 aromatic carbocycles. The second-order valence-electron chi connectivity index (χ2n) is 6.32. The van der Waals surface area contributed by atoms with E-state index in [9.17, 15) is 9.18 Å². The number of hydrogen-bond acceptors (Lipinski definition) is 4. The maximum atomic E-state index is 13.7. The first-order valence-corrected chi connectivity index (χ1v) is 8.36. The molecule has 25 heavy (non-hydrogen) atoms. The summed E-state index contributed by atoms with van der Waals surface area (Å²) in [6, 6.07) is 4.09. The minimum absolute atomic E-state index is 0.101. The quantitative estimate of drug-likeness (QED) is 0.867. The van der Waals surface area contributed by atoms with Gasteiger partial charge in [0, 0.05) is 49.0 Å². The number of rotatable bonds is 5.